The first-order valence-electron chi connectivity index (χ1n) is 9.06. The topological polar surface area (TPSA) is 73.9 Å². The molecule has 2 aromatic heterocycles. The van der Waals surface area contributed by atoms with Gasteiger partial charge in [-0.3, -0.25) is 9.89 Å². The zero-order valence-electron chi connectivity index (χ0n) is 15.8. The predicted molar refractivity (Wildman–Crippen MR) is 114 cm³/mol. The molecule has 0 bridgehead atoms. The Morgan fingerprint density at radius 2 is 1.86 bits per heavy atom. The highest BCUT2D eigenvalue weighted by Gasteiger charge is 2.22. The number of nitrogens with zero attached hydrogens (tertiary/aromatic N) is 3. The number of benzene rings is 2. The van der Waals surface area contributed by atoms with Crippen molar-refractivity contribution in [1.82, 2.24) is 25.4 Å². The number of para-hydroxylation sites is 1. The molecule has 2 N–H and O–H groups in total. The zero-order valence-corrected chi connectivity index (χ0v) is 16.6. The number of aromatic nitrogens is 3. The molecule has 7 heteroatoms. The van der Waals surface area contributed by atoms with Crippen LogP contribution in [0.4, 0.5) is 0 Å². The summed E-state index contributed by atoms with van der Waals surface area (Å²) in [5.74, 6) is -0.164. The first-order valence-corrected chi connectivity index (χ1v) is 9.88. The number of fused-ring (bicyclic) bond motifs is 1. The average Bonchev–Trinajstić information content (AvgIpc) is 3.32. The number of rotatable bonds is 6. The van der Waals surface area contributed by atoms with E-state index in [1.165, 1.54) is 11.3 Å². The first-order chi connectivity index (χ1) is 13.6. The van der Waals surface area contributed by atoms with Crippen molar-refractivity contribution in [2.24, 2.45) is 0 Å². The molecule has 0 atom stereocenters. The Bertz CT molecular complexity index is 1100. The molecule has 1 amide bonds. The van der Waals surface area contributed by atoms with E-state index in [0.717, 1.165) is 38.6 Å². The highest BCUT2D eigenvalue weighted by Crippen LogP contribution is 2.37. The Morgan fingerprint density at radius 1 is 1.11 bits per heavy atom. The summed E-state index contributed by atoms with van der Waals surface area (Å²) in [6, 6.07) is 17.8. The second-order valence-electron chi connectivity index (χ2n) is 6.74. The van der Waals surface area contributed by atoms with Gasteiger partial charge in [0.1, 0.15) is 16.4 Å². The molecule has 6 nitrogen and oxygen atoms in total. The normalized spacial score (nSPS) is 11.2. The molecule has 142 valence electrons. The molecule has 0 aliphatic carbocycles. The molecule has 0 saturated carbocycles. The number of H-pyrrole nitrogens is 1. The maximum atomic E-state index is 12.9. The smallest absolute Gasteiger partial charge is 0.271 e. The quantitative estimate of drug-likeness (QED) is 0.526. The summed E-state index contributed by atoms with van der Waals surface area (Å²) >= 11 is 1.49. The van der Waals surface area contributed by atoms with Crippen molar-refractivity contribution in [1.29, 1.82) is 0 Å². The molecule has 28 heavy (non-hydrogen) atoms. The van der Waals surface area contributed by atoms with Gasteiger partial charge in [-0.05, 0) is 25.7 Å². The lowest BCUT2D eigenvalue weighted by molar-refractivity contribution is 0.0947. The lowest BCUT2D eigenvalue weighted by atomic mass is 10.1. The number of hydrogen-bond acceptors (Lipinski definition) is 5. The molecule has 0 radical (unpaired) electrons. The van der Waals surface area contributed by atoms with Crippen LogP contribution in [0.3, 0.4) is 0 Å². The largest absolute Gasteiger partial charge is 0.349 e. The summed E-state index contributed by atoms with van der Waals surface area (Å²) in [6.07, 6.45) is 0. The molecule has 0 aliphatic rings. The molecule has 0 fully saturated rings. The fourth-order valence-corrected chi connectivity index (χ4v) is 4.04. The Balaban J connectivity index is 1.75. The van der Waals surface area contributed by atoms with Crippen LogP contribution in [-0.2, 0) is 0 Å². The van der Waals surface area contributed by atoms with Crippen molar-refractivity contribution in [3.8, 4) is 21.1 Å². The van der Waals surface area contributed by atoms with Crippen molar-refractivity contribution >= 4 is 28.1 Å². The Morgan fingerprint density at radius 3 is 2.64 bits per heavy atom. The van der Waals surface area contributed by atoms with Gasteiger partial charge in [-0.25, -0.2) is 4.98 Å². The second-order valence-corrected chi connectivity index (χ2v) is 7.74. The van der Waals surface area contributed by atoms with Gasteiger partial charge in [0.2, 0.25) is 0 Å². The maximum absolute atomic E-state index is 12.9. The lowest BCUT2D eigenvalue weighted by Crippen LogP contribution is -2.31. The molecule has 0 spiro atoms. The lowest BCUT2D eigenvalue weighted by Gasteiger charge is -2.10. The number of likely N-dealkylation sites (N-methyl/N-ethyl adjacent to an activating group) is 1. The molecule has 0 saturated heterocycles. The van der Waals surface area contributed by atoms with E-state index in [0.29, 0.717) is 12.2 Å². The van der Waals surface area contributed by atoms with Gasteiger partial charge < -0.3 is 10.2 Å². The van der Waals surface area contributed by atoms with Crippen molar-refractivity contribution < 1.29 is 4.79 Å². The van der Waals surface area contributed by atoms with Gasteiger partial charge in [0.15, 0.2) is 0 Å². The maximum Gasteiger partial charge on any atom is 0.271 e. The Labute approximate surface area is 167 Å². The highest BCUT2D eigenvalue weighted by molar-refractivity contribution is 7.18. The predicted octanol–water partition coefficient (Wildman–Crippen LogP) is 3.64. The molecule has 2 aromatic carbocycles. The minimum absolute atomic E-state index is 0.164. The number of aromatic amines is 1. The summed E-state index contributed by atoms with van der Waals surface area (Å²) in [5.41, 5.74) is 3.14. The van der Waals surface area contributed by atoms with Gasteiger partial charge in [-0.1, -0.05) is 48.5 Å². The van der Waals surface area contributed by atoms with E-state index in [9.17, 15) is 4.79 Å². The number of thiazole rings is 1. The van der Waals surface area contributed by atoms with Crippen molar-refractivity contribution in [2.75, 3.05) is 27.2 Å². The van der Waals surface area contributed by atoms with Crippen LogP contribution >= 0.6 is 11.3 Å². The van der Waals surface area contributed by atoms with Gasteiger partial charge in [-0.15, -0.1) is 11.3 Å². The molecule has 4 rings (SSSR count). The first kappa shape index (κ1) is 18.3. The second kappa shape index (κ2) is 7.92. The summed E-state index contributed by atoms with van der Waals surface area (Å²) in [6.45, 7) is 1.34. The molecule has 2 heterocycles. The average molecular weight is 392 g/mol. The molecule has 0 unspecified atom stereocenters. The van der Waals surface area contributed by atoms with Crippen LogP contribution in [0.1, 0.15) is 10.5 Å². The Kier molecular flexibility index (Phi) is 5.18. The Hall–Kier alpha value is -3.03. The van der Waals surface area contributed by atoms with E-state index in [1.54, 1.807) is 0 Å². The van der Waals surface area contributed by atoms with E-state index < -0.39 is 0 Å². The molecule has 0 aliphatic heterocycles. The molecular weight excluding hydrogens is 370 g/mol. The van der Waals surface area contributed by atoms with Gasteiger partial charge in [0.25, 0.3) is 5.91 Å². The van der Waals surface area contributed by atoms with Gasteiger partial charge in [0.05, 0.1) is 10.4 Å². The third kappa shape index (κ3) is 3.67. The van der Waals surface area contributed by atoms with Crippen LogP contribution in [0.15, 0.2) is 54.6 Å². The van der Waals surface area contributed by atoms with E-state index in [1.807, 2.05) is 73.6 Å². The van der Waals surface area contributed by atoms with Crippen LogP contribution in [0, 0.1) is 0 Å². The van der Waals surface area contributed by atoms with Crippen LogP contribution in [0.25, 0.3) is 32.0 Å². The van der Waals surface area contributed by atoms with Gasteiger partial charge in [0, 0.05) is 18.5 Å². The fourth-order valence-electron chi connectivity index (χ4n) is 2.96. The van der Waals surface area contributed by atoms with Gasteiger partial charge >= 0.3 is 0 Å². The SMILES string of the molecule is CN(C)CCNC(=O)c1nc(-c2n[nH]c3ccccc23)sc1-c1ccccc1. The third-order valence-electron chi connectivity index (χ3n) is 4.40. The number of nitrogens with one attached hydrogen (secondary N) is 2. The zero-order chi connectivity index (χ0) is 19.5. The monoisotopic (exact) mass is 391 g/mol. The van der Waals surface area contributed by atoms with E-state index in [2.05, 4.69) is 20.5 Å². The molecule has 4 aromatic rings. The van der Waals surface area contributed by atoms with Crippen LogP contribution < -0.4 is 5.32 Å². The highest BCUT2D eigenvalue weighted by atomic mass is 32.1. The number of amides is 1. The summed E-state index contributed by atoms with van der Waals surface area (Å²) in [7, 11) is 3.95. The standard InChI is InChI=1S/C21H21N5OS/c1-26(2)13-12-22-20(27)18-19(14-8-4-3-5-9-14)28-21(23-18)17-15-10-6-7-11-16(15)24-25-17/h3-11H,12-13H2,1-2H3,(H,22,27)(H,24,25). The minimum Gasteiger partial charge on any atom is -0.349 e. The fraction of sp³-hybridized carbons (Fsp3) is 0.190. The van der Waals surface area contributed by atoms with E-state index in [4.69, 9.17) is 0 Å². The van der Waals surface area contributed by atoms with Crippen LogP contribution in [0.5, 0.6) is 0 Å². The van der Waals surface area contributed by atoms with E-state index in [-0.39, 0.29) is 5.91 Å². The summed E-state index contributed by atoms with van der Waals surface area (Å²) in [4.78, 5) is 20.4. The number of carbonyl (C=O) groups excluding carboxylic acids is 1. The number of hydrogen-bond donors (Lipinski definition) is 2. The van der Waals surface area contributed by atoms with Crippen molar-refractivity contribution in [2.45, 2.75) is 0 Å². The molecular formula is C21H21N5OS. The number of carbonyl (C=O) groups is 1. The third-order valence-corrected chi connectivity index (χ3v) is 5.51. The van der Waals surface area contributed by atoms with Crippen molar-refractivity contribution in [3.05, 3.63) is 60.3 Å². The van der Waals surface area contributed by atoms with Crippen LogP contribution in [-0.4, -0.2) is 53.2 Å². The summed E-state index contributed by atoms with van der Waals surface area (Å²) < 4.78 is 0. The van der Waals surface area contributed by atoms with Crippen molar-refractivity contribution in [3.63, 3.8) is 0 Å². The van der Waals surface area contributed by atoms with Gasteiger partial charge in [-0.2, -0.15) is 5.10 Å². The van der Waals surface area contributed by atoms with E-state index >= 15 is 0 Å². The summed E-state index contributed by atoms with van der Waals surface area (Å²) in [5, 5.41) is 12.2. The van der Waals surface area contributed by atoms with Crippen LogP contribution in [0.2, 0.25) is 0 Å². The minimum atomic E-state index is -0.164.